The molecule has 0 radical (unpaired) electrons. The van der Waals surface area contributed by atoms with Gasteiger partial charge in [-0.25, -0.2) is 13.2 Å². The summed E-state index contributed by atoms with van der Waals surface area (Å²) in [6, 6.07) is 14.2. The Morgan fingerprint density at radius 2 is 1.67 bits per heavy atom. The van der Waals surface area contributed by atoms with Crippen LogP contribution in [0.4, 0.5) is 4.79 Å². The van der Waals surface area contributed by atoms with Gasteiger partial charge in [-0.15, -0.1) is 0 Å². The van der Waals surface area contributed by atoms with Gasteiger partial charge in [-0.05, 0) is 63.9 Å². The van der Waals surface area contributed by atoms with Crippen LogP contribution in [0.15, 0.2) is 59.5 Å². The number of benzene rings is 2. The van der Waals surface area contributed by atoms with Crippen molar-refractivity contribution < 1.29 is 32.6 Å². The van der Waals surface area contributed by atoms with Crippen LogP contribution in [0.1, 0.15) is 39.7 Å². The van der Waals surface area contributed by atoms with Gasteiger partial charge in [-0.1, -0.05) is 30.3 Å². The lowest BCUT2D eigenvalue weighted by Crippen LogP contribution is -2.51. The molecule has 2 rings (SSSR count). The minimum Gasteiger partial charge on any atom is -0.497 e. The molecule has 2 aromatic carbocycles. The average Bonchev–Trinajstić information content (AvgIpc) is 2.80. The first kappa shape index (κ1) is 29.3. The van der Waals surface area contributed by atoms with Gasteiger partial charge in [-0.3, -0.25) is 4.79 Å². The third kappa shape index (κ3) is 9.25. The van der Waals surface area contributed by atoms with E-state index in [0.29, 0.717) is 5.75 Å². The lowest BCUT2D eigenvalue weighted by molar-refractivity contribution is -0.117. The molecule has 0 spiro atoms. The van der Waals surface area contributed by atoms with Crippen LogP contribution < -0.4 is 10.1 Å². The van der Waals surface area contributed by atoms with E-state index in [2.05, 4.69) is 5.32 Å². The van der Waals surface area contributed by atoms with E-state index >= 15 is 0 Å². The van der Waals surface area contributed by atoms with E-state index < -0.39 is 33.9 Å². The van der Waals surface area contributed by atoms with Gasteiger partial charge in [0.25, 0.3) is 0 Å². The second-order valence-corrected chi connectivity index (χ2v) is 11.4. The van der Waals surface area contributed by atoms with E-state index in [1.54, 1.807) is 20.8 Å². The molecule has 1 amide bonds. The van der Waals surface area contributed by atoms with Crippen LogP contribution in [0.25, 0.3) is 0 Å². The van der Waals surface area contributed by atoms with Crippen LogP contribution in [0.5, 0.6) is 5.75 Å². The Morgan fingerprint density at radius 3 is 2.19 bits per heavy atom. The van der Waals surface area contributed by atoms with E-state index in [0.717, 1.165) is 9.87 Å². The zero-order valence-corrected chi connectivity index (χ0v) is 22.2. The van der Waals surface area contributed by atoms with Gasteiger partial charge >= 0.3 is 6.09 Å². The molecule has 10 heteroatoms. The fourth-order valence-electron chi connectivity index (χ4n) is 3.43. The molecular weight excluding hydrogens is 484 g/mol. The average molecular weight is 521 g/mol. The number of amides is 1. The minimum absolute atomic E-state index is 0.00115. The standard InChI is InChI=1S/C26H36N2O7S/c1-19(29)15-16-28(36(32,33)22-13-11-21(34-5)12-14-22)18-24(30)23(17-20-9-7-6-8-10-20)27-25(31)35-26(2,3)4/h6-14,23-24,30H,15-18H2,1-5H3,(H,27,31). The van der Waals surface area contributed by atoms with Crippen molar-refractivity contribution in [1.29, 1.82) is 0 Å². The number of methoxy groups -OCH3 is 1. The Morgan fingerprint density at radius 1 is 1.06 bits per heavy atom. The highest BCUT2D eigenvalue weighted by Crippen LogP contribution is 2.21. The molecule has 0 aliphatic rings. The van der Waals surface area contributed by atoms with Gasteiger partial charge in [0.15, 0.2) is 0 Å². The molecular formula is C26H36N2O7S. The summed E-state index contributed by atoms with van der Waals surface area (Å²) in [5.41, 5.74) is 0.0864. The number of alkyl carbamates (subject to hydrolysis) is 1. The van der Waals surface area contributed by atoms with Crippen molar-refractivity contribution in [2.75, 3.05) is 20.2 Å². The predicted molar refractivity (Wildman–Crippen MR) is 136 cm³/mol. The highest BCUT2D eigenvalue weighted by Gasteiger charge is 2.32. The maximum atomic E-state index is 13.4. The lowest BCUT2D eigenvalue weighted by Gasteiger charge is -2.30. The van der Waals surface area contributed by atoms with Gasteiger partial charge in [-0.2, -0.15) is 4.31 Å². The van der Waals surface area contributed by atoms with Crippen LogP contribution in [-0.2, 0) is 26.0 Å². The zero-order valence-electron chi connectivity index (χ0n) is 21.4. The summed E-state index contributed by atoms with van der Waals surface area (Å²) >= 11 is 0. The summed E-state index contributed by atoms with van der Waals surface area (Å²) in [6.07, 6.45) is -1.80. The fourth-order valence-corrected chi connectivity index (χ4v) is 4.89. The highest BCUT2D eigenvalue weighted by atomic mass is 32.2. The third-order valence-corrected chi connectivity index (χ3v) is 7.15. The van der Waals surface area contributed by atoms with Crippen molar-refractivity contribution in [3.63, 3.8) is 0 Å². The number of nitrogens with zero attached hydrogens (tertiary/aromatic N) is 1. The van der Waals surface area contributed by atoms with Gasteiger partial charge in [0.2, 0.25) is 10.0 Å². The number of carbonyl (C=O) groups is 2. The normalized spacial score (nSPS) is 13.6. The van der Waals surface area contributed by atoms with Crippen molar-refractivity contribution in [3.05, 3.63) is 60.2 Å². The van der Waals surface area contributed by atoms with Crippen LogP contribution in [0.2, 0.25) is 0 Å². The molecule has 36 heavy (non-hydrogen) atoms. The van der Waals surface area contributed by atoms with Crippen molar-refractivity contribution in [3.8, 4) is 5.75 Å². The number of ether oxygens (including phenoxy) is 2. The van der Waals surface area contributed by atoms with Gasteiger partial charge in [0, 0.05) is 19.5 Å². The van der Waals surface area contributed by atoms with Crippen LogP contribution in [0.3, 0.4) is 0 Å². The quantitative estimate of drug-likeness (QED) is 0.441. The van der Waals surface area contributed by atoms with E-state index in [1.807, 2.05) is 30.3 Å². The molecule has 0 bridgehead atoms. The fraction of sp³-hybridized carbons (Fsp3) is 0.462. The molecule has 0 aliphatic carbocycles. The number of ketones is 1. The molecule has 0 saturated heterocycles. The Hall–Kier alpha value is -2.95. The molecule has 0 fully saturated rings. The van der Waals surface area contributed by atoms with Crippen molar-refractivity contribution in [2.24, 2.45) is 0 Å². The molecule has 2 N–H and O–H groups in total. The number of hydrogen-bond acceptors (Lipinski definition) is 7. The molecule has 2 atom stereocenters. The van der Waals surface area contributed by atoms with Crippen LogP contribution in [-0.4, -0.2) is 67.7 Å². The SMILES string of the molecule is COc1ccc(S(=O)(=O)N(CCC(C)=O)CC(O)C(Cc2ccccc2)NC(=O)OC(C)(C)C)cc1. The Bertz CT molecular complexity index is 1100. The Labute approximate surface area is 213 Å². The molecule has 0 heterocycles. The maximum absolute atomic E-state index is 13.4. The first-order valence-electron chi connectivity index (χ1n) is 11.7. The van der Waals surface area contributed by atoms with E-state index in [-0.39, 0.29) is 36.6 Å². The molecule has 0 aromatic heterocycles. The summed E-state index contributed by atoms with van der Waals surface area (Å²) in [5, 5.41) is 13.8. The number of nitrogens with one attached hydrogen (secondary N) is 1. The van der Waals surface area contributed by atoms with Crippen LogP contribution >= 0.6 is 0 Å². The van der Waals surface area contributed by atoms with Crippen molar-refractivity contribution in [1.82, 2.24) is 9.62 Å². The first-order chi connectivity index (χ1) is 16.8. The monoisotopic (exact) mass is 520 g/mol. The summed E-state index contributed by atoms with van der Waals surface area (Å²) in [4.78, 5) is 24.2. The van der Waals surface area contributed by atoms with Crippen molar-refractivity contribution >= 4 is 21.9 Å². The maximum Gasteiger partial charge on any atom is 0.407 e. The zero-order chi connectivity index (χ0) is 26.9. The Balaban J connectivity index is 2.32. The number of aliphatic hydroxyl groups excluding tert-OH is 1. The molecule has 0 aliphatic heterocycles. The molecule has 2 unspecified atom stereocenters. The van der Waals surface area contributed by atoms with E-state index in [4.69, 9.17) is 9.47 Å². The first-order valence-corrected chi connectivity index (χ1v) is 13.1. The van der Waals surface area contributed by atoms with Crippen molar-refractivity contribution in [2.45, 2.75) is 63.2 Å². The number of rotatable bonds is 12. The van der Waals surface area contributed by atoms with E-state index in [1.165, 1.54) is 38.3 Å². The number of sulfonamides is 1. The summed E-state index contributed by atoms with van der Waals surface area (Å²) in [7, 11) is -2.58. The summed E-state index contributed by atoms with van der Waals surface area (Å²) in [5.74, 6) is 0.306. The second kappa shape index (κ2) is 12.8. The Kier molecular flexibility index (Phi) is 10.4. The predicted octanol–water partition coefficient (Wildman–Crippen LogP) is 3.16. The largest absolute Gasteiger partial charge is 0.497 e. The number of aliphatic hydroxyl groups is 1. The smallest absolute Gasteiger partial charge is 0.407 e. The molecule has 0 saturated carbocycles. The number of hydrogen-bond donors (Lipinski definition) is 2. The topological polar surface area (TPSA) is 122 Å². The third-order valence-electron chi connectivity index (χ3n) is 5.27. The second-order valence-electron chi connectivity index (χ2n) is 9.50. The molecule has 2 aromatic rings. The van der Waals surface area contributed by atoms with Gasteiger partial charge < -0.3 is 19.9 Å². The number of Topliss-reactive ketones (excluding diaryl/α,β-unsaturated/α-hetero) is 1. The van der Waals surface area contributed by atoms with Gasteiger partial charge in [0.05, 0.1) is 24.2 Å². The summed E-state index contributed by atoms with van der Waals surface area (Å²) in [6.45, 7) is 6.08. The number of carbonyl (C=O) groups excluding carboxylic acids is 2. The minimum atomic E-state index is -4.06. The highest BCUT2D eigenvalue weighted by molar-refractivity contribution is 7.89. The molecule has 198 valence electrons. The van der Waals surface area contributed by atoms with E-state index in [9.17, 15) is 23.1 Å². The van der Waals surface area contributed by atoms with Crippen LogP contribution in [0, 0.1) is 0 Å². The summed E-state index contributed by atoms with van der Waals surface area (Å²) < 4.78 is 38.4. The molecule has 9 nitrogen and oxygen atoms in total. The van der Waals surface area contributed by atoms with Gasteiger partial charge in [0.1, 0.15) is 17.1 Å². The lowest BCUT2D eigenvalue weighted by atomic mass is 10.0.